The van der Waals surface area contributed by atoms with Gasteiger partial charge in [-0.05, 0) is 45.1 Å². The van der Waals surface area contributed by atoms with E-state index in [1.165, 1.54) is 19.3 Å². The van der Waals surface area contributed by atoms with Crippen molar-refractivity contribution in [1.29, 1.82) is 0 Å². The van der Waals surface area contributed by atoms with Crippen molar-refractivity contribution < 1.29 is 10.2 Å². The van der Waals surface area contributed by atoms with Gasteiger partial charge in [0, 0.05) is 13.1 Å². The maximum atomic E-state index is 10.0. The third-order valence-corrected chi connectivity index (χ3v) is 3.87. The largest absolute Gasteiger partial charge is 0.393 e. The zero-order valence-electron chi connectivity index (χ0n) is 11.6. The number of rotatable bonds is 6. The van der Waals surface area contributed by atoms with Crippen molar-refractivity contribution >= 4 is 0 Å². The van der Waals surface area contributed by atoms with E-state index in [-0.39, 0.29) is 12.2 Å². The molecule has 0 amide bonds. The Labute approximate surface area is 106 Å². The van der Waals surface area contributed by atoms with Gasteiger partial charge in [-0.15, -0.1) is 0 Å². The molecule has 0 spiro atoms. The Kier molecular flexibility index (Phi) is 6.45. The van der Waals surface area contributed by atoms with Crippen molar-refractivity contribution in [3.8, 4) is 0 Å². The molecule has 3 heteroatoms. The summed E-state index contributed by atoms with van der Waals surface area (Å²) in [5, 5.41) is 19.4. The molecular weight excluding hydrogens is 214 g/mol. The van der Waals surface area contributed by atoms with Crippen LogP contribution in [0.25, 0.3) is 0 Å². The molecule has 1 rings (SSSR count). The first-order valence-corrected chi connectivity index (χ1v) is 7.07. The molecule has 0 radical (unpaired) electrons. The average Bonchev–Trinajstić information content (AvgIpc) is 2.22. The third-order valence-electron chi connectivity index (χ3n) is 3.87. The first-order chi connectivity index (χ1) is 8.02. The van der Waals surface area contributed by atoms with E-state index in [0.717, 1.165) is 25.3 Å². The topological polar surface area (TPSA) is 43.7 Å². The summed E-state index contributed by atoms with van der Waals surface area (Å²) in [6.45, 7) is 5.65. The minimum Gasteiger partial charge on any atom is -0.393 e. The second-order valence-electron chi connectivity index (χ2n) is 5.87. The van der Waals surface area contributed by atoms with Gasteiger partial charge in [-0.25, -0.2) is 0 Å². The maximum Gasteiger partial charge on any atom is 0.0638 e. The van der Waals surface area contributed by atoms with Gasteiger partial charge in [0.25, 0.3) is 0 Å². The molecule has 102 valence electrons. The Hall–Kier alpha value is -0.120. The van der Waals surface area contributed by atoms with Crippen molar-refractivity contribution in [2.75, 3.05) is 20.1 Å². The van der Waals surface area contributed by atoms with E-state index in [2.05, 4.69) is 11.8 Å². The zero-order chi connectivity index (χ0) is 12.8. The molecule has 4 atom stereocenters. The Bertz CT molecular complexity index is 208. The van der Waals surface area contributed by atoms with Gasteiger partial charge in [-0.1, -0.05) is 19.8 Å². The van der Waals surface area contributed by atoms with E-state index in [4.69, 9.17) is 0 Å². The molecule has 0 aromatic rings. The first kappa shape index (κ1) is 14.9. The first-order valence-electron chi connectivity index (χ1n) is 7.07. The summed E-state index contributed by atoms with van der Waals surface area (Å²) < 4.78 is 0. The monoisotopic (exact) mass is 243 g/mol. The van der Waals surface area contributed by atoms with Crippen LogP contribution >= 0.6 is 0 Å². The standard InChI is InChI=1S/C14H29NO2/c1-4-5-12-6-7-14(17)13(8-12)10-15(3)9-11(2)16/h11-14,16-17H,4-10H2,1-3H3. The average molecular weight is 243 g/mol. The Morgan fingerprint density at radius 2 is 2.06 bits per heavy atom. The molecule has 1 fully saturated rings. The van der Waals surface area contributed by atoms with Gasteiger partial charge in [0.1, 0.15) is 0 Å². The summed E-state index contributed by atoms with van der Waals surface area (Å²) in [7, 11) is 2.03. The van der Waals surface area contributed by atoms with Gasteiger partial charge in [-0.3, -0.25) is 0 Å². The Morgan fingerprint density at radius 1 is 1.35 bits per heavy atom. The molecule has 0 aliphatic heterocycles. The van der Waals surface area contributed by atoms with Crippen molar-refractivity contribution in [2.24, 2.45) is 11.8 Å². The SMILES string of the molecule is CCCC1CCC(O)C(CN(C)CC(C)O)C1. The van der Waals surface area contributed by atoms with Gasteiger partial charge >= 0.3 is 0 Å². The fraction of sp³-hybridized carbons (Fsp3) is 1.00. The van der Waals surface area contributed by atoms with Crippen molar-refractivity contribution in [2.45, 2.75) is 58.2 Å². The normalized spacial score (nSPS) is 31.8. The highest BCUT2D eigenvalue weighted by atomic mass is 16.3. The summed E-state index contributed by atoms with van der Waals surface area (Å²) in [4.78, 5) is 2.15. The fourth-order valence-corrected chi connectivity index (χ4v) is 3.14. The van der Waals surface area contributed by atoms with Gasteiger partial charge in [0.15, 0.2) is 0 Å². The van der Waals surface area contributed by atoms with Crippen LogP contribution < -0.4 is 0 Å². The molecule has 1 saturated carbocycles. The minimum absolute atomic E-state index is 0.139. The Morgan fingerprint density at radius 3 is 2.65 bits per heavy atom. The molecule has 0 aromatic carbocycles. The molecule has 0 saturated heterocycles. The molecule has 4 unspecified atom stereocenters. The molecule has 0 heterocycles. The highest BCUT2D eigenvalue weighted by molar-refractivity contribution is 4.81. The van der Waals surface area contributed by atoms with Crippen LogP contribution in [0.1, 0.15) is 46.0 Å². The van der Waals surface area contributed by atoms with Crippen LogP contribution in [0.15, 0.2) is 0 Å². The summed E-state index contributed by atoms with van der Waals surface area (Å²) in [5.74, 6) is 1.19. The summed E-state index contributed by atoms with van der Waals surface area (Å²) in [6.07, 6.45) is 5.41. The number of aliphatic hydroxyl groups is 2. The predicted octanol–water partition coefficient (Wildman–Crippen LogP) is 1.88. The molecule has 2 N–H and O–H groups in total. The van der Waals surface area contributed by atoms with E-state index in [1.54, 1.807) is 0 Å². The smallest absolute Gasteiger partial charge is 0.0638 e. The van der Waals surface area contributed by atoms with Crippen LogP contribution in [0.2, 0.25) is 0 Å². The van der Waals surface area contributed by atoms with Crippen molar-refractivity contribution in [3.63, 3.8) is 0 Å². The van der Waals surface area contributed by atoms with Crippen molar-refractivity contribution in [1.82, 2.24) is 4.90 Å². The lowest BCUT2D eigenvalue weighted by atomic mass is 9.77. The highest BCUT2D eigenvalue weighted by Crippen LogP contribution is 2.32. The highest BCUT2D eigenvalue weighted by Gasteiger charge is 2.29. The van der Waals surface area contributed by atoms with E-state index in [9.17, 15) is 10.2 Å². The quantitative estimate of drug-likeness (QED) is 0.748. The van der Waals surface area contributed by atoms with Gasteiger partial charge < -0.3 is 15.1 Å². The van der Waals surface area contributed by atoms with Crippen molar-refractivity contribution in [3.05, 3.63) is 0 Å². The van der Waals surface area contributed by atoms with Crippen LogP contribution in [-0.2, 0) is 0 Å². The molecular formula is C14H29NO2. The molecule has 1 aliphatic rings. The summed E-state index contributed by atoms with van der Waals surface area (Å²) in [5.41, 5.74) is 0. The van der Waals surface area contributed by atoms with E-state index >= 15 is 0 Å². The lowest BCUT2D eigenvalue weighted by Gasteiger charge is -2.35. The molecule has 0 bridgehead atoms. The number of hydrogen-bond acceptors (Lipinski definition) is 3. The van der Waals surface area contributed by atoms with Crippen LogP contribution in [0, 0.1) is 11.8 Å². The van der Waals surface area contributed by atoms with Crippen LogP contribution in [0.4, 0.5) is 0 Å². The minimum atomic E-state index is -0.285. The van der Waals surface area contributed by atoms with E-state index < -0.39 is 0 Å². The van der Waals surface area contributed by atoms with E-state index in [1.807, 2.05) is 14.0 Å². The van der Waals surface area contributed by atoms with Gasteiger partial charge in [0.2, 0.25) is 0 Å². The molecule has 17 heavy (non-hydrogen) atoms. The fourth-order valence-electron chi connectivity index (χ4n) is 3.14. The third kappa shape index (κ3) is 5.36. The van der Waals surface area contributed by atoms with Gasteiger partial charge in [-0.2, -0.15) is 0 Å². The number of nitrogens with zero attached hydrogens (tertiary/aromatic N) is 1. The predicted molar refractivity (Wildman–Crippen MR) is 70.9 cm³/mol. The van der Waals surface area contributed by atoms with Gasteiger partial charge in [0.05, 0.1) is 12.2 Å². The molecule has 1 aliphatic carbocycles. The number of aliphatic hydroxyl groups excluding tert-OH is 2. The second kappa shape index (κ2) is 7.34. The lowest BCUT2D eigenvalue weighted by molar-refractivity contribution is 0.0232. The molecule has 3 nitrogen and oxygen atoms in total. The summed E-state index contributed by atoms with van der Waals surface area (Å²) in [6, 6.07) is 0. The second-order valence-corrected chi connectivity index (χ2v) is 5.87. The Balaban J connectivity index is 2.38. The van der Waals surface area contributed by atoms with Crippen LogP contribution in [-0.4, -0.2) is 47.5 Å². The lowest BCUT2D eigenvalue weighted by Crippen LogP contribution is -2.39. The van der Waals surface area contributed by atoms with Crippen LogP contribution in [0.3, 0.4) is 0 Å². The van der Waals surface area contributed by atoms with Crippen LogP contribution in [0.5, 0.6) is 0 Å². The maximum absolute atomic E-state index is 10.0. The number of likely N-dealkylation sites (N-methyl/N-ethyl adjacent to an activating group) is 1. The number of hydrogen-bond donors (Lipinski definition) is 2. The summed E-state index contributed by atoms with van der Waals surface area (Å²) >= 11 is 0. The molecule has 0 aromatic heterocycles. The van der Waals surface area contributed by atoms with E-state index in [0.29, 0.717) is 12.5 Å². The zero-order valence-corrected chi connectivity index (χ0v) is 11.6.